The Kier molecular flexibility index (Phi) is 4.68. The number of amides is 1. The van der Waals surface area contributed by atoms with Gasteiger partial charge < -0.3 is 15.5 Å². The van der Waals surface area contributed by atoms with Gasteiger partial charge in [-0.25, -0.2) is 9.97 Å². The molecule has 0 fully saturated rings. The lowest BCUT2D eigenvalue weighted by atomic mass is 10.4. The van der Waals surface area contributed by atoms with Crippen LogP contribution in [0, 0.1) is 0 Å². The van der Waals surface area contributed by atoms with Gasteiger partial charge in [0.2, 0.25) is 5.91 Å². The predicted octanol–water partition coefficient (Wildman–Crippen LogP) is 0.363. The van der Waals surface area contributed by atoms with Crippen LogP contribution in [0.15, 0.2) is 12.4 Å². The SMILES string of the molecule is CCN(CC)C(=O)CN(C)c1cnc(N)cn1. The zero-order valence-electron chi connectivity index (χ0n) is 10.6. The lowest BCUT2D eigenvalue weighted by Gasteiger charge is -2.23. The second kappa shape index (κ2) is 6.03. The predicted molar refractivity (Wildman–Crippen MR) is 67.6 cm³/mol. The van der Waals surface area contributed by atoms with Crippen molar-refractivity contribution in [2.24, 2.45) is 0 Å². The van der Waals surface area contributed by atoms with E-state index in [4.69, 9.17) is 5.73 Å². The molecule has 94 valence electrons. The molecule has 0 spiro atoms. The van der Waals surface area contributed by atoms with Crippen molar-refractivity contribution in [3.05, 3.63) is 12.4 Å². The number of hydrogen-bond acceptors (Lipinski definition) is 5. The summed E-state index contributed by atoms with van der Waals surface area (Å²) in [5, 5.41) is 0. The summed E-state index contributed by atoms with van der Waals surface area (Å²) < 4.78 is 0. The number of anilines is 2. The number of rotatable bonds is 5. The van der Waals surface area contributed by atoms with Gasteiger partial charge in [0.1, 0.15) is 11.6 Å². The molecule has 0 aliphatic carbocycles. The van der Waals surface area contributed by atoms with E-state index in [-0.39, 0.29) is 5.91 Å². The Bertz CT molecular complexity index is 361. The molecule has 0 aliphatic rings. The third kappa shape index (κ3) is 3.58. The number of likely N-dealkylation sites (N-methyl/N-ethyl adjacent to an activating group) is 2. The van der Waals surface area contributed by atoms with Crippen molar-refractivity contribution < 1.29 is 4.79 Å². The van der Waals surface area contributed by atoms with Crippen molar-refractivity contribution in [1.82, 2.24) is 14.9 Å². The summed E-state index contributed by atoms with van der Waals surface area (Å²) in [6.45, 7) is 5.66. The van der Waals surface area contributed by atoms with E-state index >= 15 is 0 Å². The fourth-order valence-electron chi connectivity index (χ4n) is 1.49. The van der Waals surface area contributed by atoms with Gasteiger partial charge in [0.25, 0.3) is 0 Å². The van der Waals surface area contributed by atoms with Gasteiger partial charge in [-0.15, -0.1) is 0 Å². The average Bonchev–Trinajstić information content (AvgIpc) is 2.31. The van der Waals surface area contributed by atoms with E-state index in [1.807, 2.05) is 20.9 Å². The third-order valence-corrected chi connectivity index (χ3v) is 2.54. The minimum Gasteiger partial charge on any atom is -0.382 e. The van der Waals surface area contributed by atoms with Crippen LogP contribution in [0.25, 0.3) is 0 Å². The highest BCUT2D eigenvalue weighted by molar-refractivity contribution is 5.80. The maximum atomic E-state index is 11.9. The van der Waals surface area contributed by atoms with Crippen LogP contribution < -0.4 is 10.6 Å². The number of nitrogens with two attached hydrogens (primary N) is 1. The second-order valence-electron chi connectivity index (χ2n) is 3.72. The van der Waals surface area contributed by atoms with Crippen LogP contribution in [0.2, 0.25) is 0 Å². The van der Waals surface area contributed by atoms with Gasteiger partial charge in [-0.3, -0.25) is 4.79 Å². The number of hydrogen-bond donors (Lipinski definition) is 1. The third-order valence-electron chi connectivity index (χ3n) is 2.54. The highest BCUT2D eigenvalue weighted by Crippen LogP contribution is 2.07. The Hall–Kier alpha value is -1.85. The van der Waals surface area contributed by atoms with E-state index in [1.165, 1.54) is 6.20 Å². The van der Waals surface area contributed by atoms with Crippen molar-refractivity contribution in [2.45, 2.75) is 13.8 Å². The average molecular weight is 237 g/mol. The van der Waals surface area contributed by atoms with E-state index < -0.39 is 0 Å². The van der Waals surface area contributed by atoms with Gasteiger partial charge in [-0.05, 0) is 13.8 Å². The van der Waals surface area contributed by atoms with Crippen LogP contribution in [-0.2, 0) is 4.79 Å². The molecule has 6 nitrogen and oxygen atoms in total. The number of nitrogens with zero attached hydrogens (tertiary/aromatic N) is 4. The Morgan fingerprint density at radius 1 is 1.29 bits per heavy atom. The first-order chi connectivity index (χ1) is 8.08. The number of aromatic nitrogens is 2. The smallest absolute Gasteiger partial charge is 0.242 e. The van der Waals surface area contributed by atoms with E-state index in [2.05, 4.69) is 9.97 Å². The summed E-state index contributed by atoms with van der Waals surface area (Å²) in [5.41, 5.74) is 5.45. The summed E-state index contributed by atoms with van der Waals surface area (Å²) in [6.07, 6.45) is 3.04. The molecule has 0 saturated heterocycles. The van der Waals surface area contributed by atoms with E-state index in [1.54, 1.807) is 16.0 Å². The zero-order chi connectivity index (χ0) is 12.8. The second-order valence-corrected chi connectivity index (χ2v) is 3.72. The molecule has 1 aromatic heterocycles. The van der Waals surface area contributed by atoms with Gasteiger partial charge in [-0.2, -0.15) is 0 Å². The first-order valence-electron chi connectivity index (χ1n) is 5.64. The maximum absolute atomic E-state index is 11.9. The molecule has 0 saturated carbocycles. The molecule has 0 atom stereocenters. The molecule has 0 bridgehead atoms. The molecule has 0 unspecified atom stereocenters. The molecule has 0 aliphatic heterocycles. The Morgan fingerprint density at radius 2 is 1.94 bits per heavy atom. The lowest BCUT2D eigenvalue weighted by Crippen LogP contribution is -2.39. The molecule has 1 aromatic rings. The number of carbonyl (C=O) groups excluding carboxylic acids is 1. The molecule has 0 radical (unpaired) electrons. The highest BCUT2D eigenvalue weighted by atomic mass is 16.2. The van der Waals surface area contributed by atoms with E-state index in [0.29, 0.717) is 18.2 Å². The van der Waals surface area contributed by atoms with Crippen LogP contribution in [0.4, 0.5) is 11.6 Å². The van der Waals surface area contributed by atoms with Crippen molar-refractivity contribution in [2.75, 3.05) is 37.3 Å². The van der Waals surface area contributed by atoms with Crippen molar-refractivity contribution in [3.63, 3.8) is 0 Å². The standard InChI is InChI=1S/C11H19N5O/c1-4-16(5-2)11(17)8-15(3)10-7-13-9(12)6-14-10/h6-7H,4-5,8H2,1-3H3,(H2,12,13). The van der Waals surface area contributed by atoms with Crippen LogP contribution >= 0.6 is 0 Å². The first kappa shape index (κ1) is 13.2. The normalized spacial score (nSPS) is 10.1. The maximum Gasteiger partial charge on any atom is 0.242 e. The Balaban J connectivity index is 2.62. The molecule has 6 heteroatoms. The highest BCUT2D eigenvalue weighted by Gasteiger charge is 2.13. The molecule has 1 heterocycles. The molecular formula is C11H19N5O. The molecular weight excluding hydrogens is 218 g/mol. The topological polar surface area (TPSA) is 75.4 Å². The lowest BCUT2D eigenvalue weighted by molar-refractivity contribution is -0.129. The number of nitrogen functional groups attached to an aromatic ring is 1. The molecule has 0 aromatic carbocycles. The van der Waals surface area contributed by atoms with Crippen LogP contribution in [0.5, 0.6) is 0 Å². The number of carbonyl (C=O) groups is 1. The van der Waals surface area contributed by atoms with Crippen molar-refractivity contribution in [1.29, 1.82) is 0 Å². The Labute approximate surface area is 101 Å². The van der Waals surface area contributed by atoms with Crippen LogP contribution in [0.3, 0.4) is 0 Å². The summed E-state index contributed by atoms with van der Waals surface area (Å²) in [6, 6.07) is 0. The monoisotopic (exact) mass is 237 g/mol. The quantitative estimate of drug-likeness (QED) is 0.800. The largest absolute Gasteiger partial charge is 0.382 e. The first-order valence-corrected chi connectivity index (χ1v) is 5.64. The van der Waals surface area contributed by atoms with E-state index in [0.717, 1.165) is 13.1 Å². The molecule has 17 heavy (non-hydrogen) atoms. The fraction of sp³-hybridized carbons (Fsp3) is 0.545. The Morgan fingerprint density at radius 3 is 2.41 bits per heavy atom. The molecule has 1 rings (SSSR count). The summed E-state index contributed by atoms with van der Waals surface area (Å²) in [7, 11) is 1.81. The van der Waals surface area contributed by atoms with Gasteiger partial charge in [0, 0.05) is 20.1 Å². The van der Waals surface area contributed by atoms with Gasteiger partial charge >= 0.3 is 0 Å². The van der Waals surface area contributed by atoms with Gasteiger partial charge in [0.15, 0.2) is 0 Å². The summed E-state index contributed by atoms with van der Waals surface area (Å²) in [4.78, 5) is 23.5. The minimum atomic E-state index is 0.0797. The minimum absolute atomic E-state index is 0.0797. The summed E-state index contributed by atoms with van der Waals surface area (Å²) >= 11 is 0. The van der Waals surface area contributed by atoms with Crippen molar-refractivity contribution in [3.8, 4) is 0 Å². The molecule has 1 amide bonds. The fourth-order valence-corrected chi connectivity index (χ4v) is 1.49. The van der Waals surface area contributed by atoms with Crippen molar-refractivity contribution >= 4 is 17.5 Å². The van der Waals surface area contributed by atoms with E-state index in [9.17, 15) is 4.79 Å². The van der Waals surface area contributed by atoms with Crippen LogP contribution in [-0.4, -0.2) is 47.5 Å². The zero-order valence-corrected chi connectivity index (χ0v) is 10.6. The van der Waals surface area contributed by atoms with Gasteiger partial charge in [0.05, 0.1) is 18.9 Å². The van der Waals surface area contributed by atoms with Gasteiger partial charge in [-0.1, -0.05) is 0 Å². The molecule has 2 N–H and O–H groups in total. The summed E-state index contributed by atoms with van der Waals surface area (Å²) in [5.74, 6) is 1.09. The van der Waals surface area contributed by atoms with Crippen LogP contribution in [0.1, 0.15) is 13.8 Å².